The van der Waals surface area contributed by atoms with Crippen LogP contribution in [0.1, 0.15) is 36.3 Å². The number of carboxylic acids is 1. The highest BCUT2D eigenvalue weighted by atomic mass is 32.2. The number of nitrogens with zero attached hydrogens (tertiary/aromatic N) is 3. The number of amides is 1. The van der Waals surface area contributed by atoms with Gasteiger partial charge in [0.15, 0.2) is 5.69 Å². The number of hydrogen-bond acceptors (Lipinski definition) is 8. The topological polar surface area (TPSA) is 152 Å². The summed E-state index contributed by atoms with van der Waals surface area (Å²) < 4.78 is 42.6. The highest BCUT2D eigenvalue weighted by Gasteiger charge is 2.27. The molecule has 0 aliphatic carbocycles. The molecule has 2 aromatic carbocycles. The summed E-state index contributed by atoms with van der Waals surface area (Å²) in [5.41, 5.74) is 0.813. The SMILES string of the molecule is CC[C@@H](C)C(=O)Nc1ccc(Oc2c(C)c(C(=O)O)nn2-c2ccccc2)c(S(=O)(=O)NCCN2CCOCC2)c1. The van der Waals surface area contributed by atoms with Gasteiger partial charge >= 0.3 is 5.97 Å². The van der Waals surface area contributed by atoms with Gasteiger partial charge in [-0.1, -0.05) is 32.0 Å². The smallest absolute Gasteiger partial charge is 0.356 e. The molecule has 13 heteroatoms. The van der Waals surface area contributed by atoms with Gasteiger partial charge in [-0.25, -0.2) is 17.9 Å². The summed E-state index contributed by atoms with van der Waals surface area (Å²) in [6.45, 7) is 8.46. The van der Waals surface area contributed by atoms with Crippen molar-refractivity contribution in [2.24, 2.45) is 5.92 Å². The number of sulfonamides is 1. The Hall–Kier alpha value is -3.78. The Labute approximate surface area is 239 Å². The minimum Gasteiger partial charge on any atom is -0.476 e. The Morgan fingerprint density at radius 1 is 1.15 bits per heavy atom. The quantitative estimate of drug-likeness (QED) is 0.291. The predicted molar refractivity (Wildman–Crippen MR) is 152 cm³/mol. The van der Waals surface area contributed by atoms with E-state index in [0.717, 1.165) is 0 Å². The van der Waals surface area contributed by atoms with Crippen molar-refractivity contribution in [3.63, 3.8) is 0 Å². The molecule has 0 saturated carbocycles. The van der Waals surface area contributed by atoms with E-state index in [2.05, 4.69) is 20.0 Å². The minimum atomic E-state index is -4.13. The zero-order valence-corrected chi connectivity index (χ0v) is 24.1. The summed E-state index contributed by atoms with van der Waals surface area (Å²) in [7, 11) is -4.13. The molecule has 0 bridgehead atoms. The number of hydrogen-bond donors (Lipinski definition) is 3. The van der Waals surface area contributed by atoms with E-state index in [1.807, 2.05) is 6.92 Å². The predicted octanol–water partition coefficient (Wildman–Crippen LogP) is 3.27. The first-order valence-electron chi connectivity index (χ1n) is 13.4. The lowest BCUT2D eigenvalue weighted by Crippen LogP contribution is -2.41. The molecule has 3 N–H and O–H groups in total. The van der Waals surface area contributed by atoms with E-state index in [1.54, 1.807) is 50.2 Å². The van der Waals surface area contributed by atoms with E-state index in [-0.39, 0.29) is 51.8 Å². The Bertz CT molecular complexity index is 1480. The van der Waals surface area contributed by atoms with E-state index in [0.29, 0.717) is 45.0 Å². The molecule has 1 aliphatic heterocycles. The molecular weight excluding hydrogens is 550 g/mol. The van der Waals surface area contributed by atoms with E-state index in [4.69, 9.17) is 9.47 Å². The Morgan fingerprint density at radius 2 is 1.85 bits per heavy atom. The van der Waals surface area contributed by atoms with Gasteiger partial charge in [0.1, 0.15) is 10.6 Å². The number of benzene rings is 2. The fraction of sp³-hybridized carbons (Fsp3) is 0.393. The zero-order valence-electron chi connectivity index (χ0n) is 23.3. The summed E-state index contributed by atoms with van der Waals surface area (Å²) >= 11 is 0. The Balaban J connectivity index is 1.71. The van der Waals surface area contributed by atoms with Gasteiger partial charge in [0.25, 0.3) is 0 Å². The highest BCUT2D eigenvalue weighted by Crippen LogP contribution is 2.35. The standard InChI is InChI=1S/C28H35N5O7S/c1-4-19(2)26(34)30-21-10-11-23(24(18-21)41(37,38)29-12-13-32-14-16-39-17-15-32)40-27-20(3)25(28(35)36)31-33(27)22-8-6-5-7-9-22/h5-11,18-19,29H,4,12-17H2,1-3H3,(H,30,34)(H,35,36)/t19-/m1/s1. The first kappa shape index (κ1) is 30.2. The highest BCUT2D eigenvalue weighted by molar-refractivity contribution is 7.89. The molecule has 1 amide bonds. The molecule has 1 saturated heterocycles. The Kier molecular flexibility index (Phi) is 9.76. The molecule has 41 heavy (non-hydrogen) atoms. The lowest BCUT2D eigenvalue weighted by atomic mass is 10.1. The van der Waals surface area contributed by atoms with E-state index in [9.17, 15) is 23.1 Å². The van der Waals surface area contributed by atoms with E-state index in [1.165, 1.54) is 16.8 Å². The van der Waals surface area contributed by atoms with Crippen molar-refractivity contribution >= 4 is 27.6 Å². The first-order valence-corrected chi connectivity index (χ1v) is 14.9. The molecule has 220 valence electrons. The third kappa shape index (κ3) is 7.30. The molecule has 1 fully saturated rings. The van der Waals surface area contributed by atoms with Crippen LogP contribution in [0.15, 0.2) is 53.4 Å². The first-order chi connectivity index (χ1) is 19.6. The normalized spacial score (nSPS) is 14.9. The summed E-state index contributed by atoms with van der Waals surface area (Å²) in [6, 6.07) is 13.1. The second-order valence-corrected chi connectivity index (χ2v) is 11.5. The van der Waals surface area contributed by atoms with Gasteiger partial charge in [-0.05, 0) is 43.7 Å². The number of aromatic carboxylic acids is 1. The van der Waals surface area contributed by atoms with Gasteiger partial charge in [0, 0.05) is 43.3 Å². The molecule has 12 nitrogen and oxygen atoms in total. The number of nitrogens with one attached hydrogen (secondary N) is 2. The molecule has 2 heterocycles. The summed E-state index contributed by atoms with van der Waals surface area (Å²) in [5.74, 6) is -1.76. The van der Waals surface area contributed by atoms with Crippen LogP contribution in [-0.2, 0) is 19.6 Å². The number of ether oxygens (including phenoxy) is 2. The number of aromatic nitrogens is 2. The molecule has 1 atom stereocenters. The van der Waals surface area contributed by atoms with Crippen LogP contribution in [0.2, 0.25) is 0 Å². The maximum atomic E-state index is 13.6. The van der Waals surface area contributed by atoms with Crippen molar-refractivity contribution in [2.45, 2.75) is 32.1 Å². The molecule has 0 spiro atoms. The Morgan fingerprint density at radius 3 is 2.51 bits per heavy atom. The maximum absolute atomic E-state index is 13.6. The fourth-order valence-corrected chi connectivity index (χ4v) is 5.40. The summed E-state index contributed by atoms with van der Waals surface area (Å²) in [5, 5.41) is 16.7. The van der Waals surface area contributed by atoms with Gasteiger partial charge in [0.2, 0.25) is 21.8 Å². The van der Waals surface area contributed by atoms with Crippen molar-refractivity contribution in [2.75, 3.05) is 44.7 Å². The van der Waals surface area contributed by atoms with E-state index < -0.39 is 16.0 Å². The zero-order chi connectivity index (χ0) is 29.6. The number of rotatable bonds is 12. The van der Waals surface area contributed by atoms with Crippen molar-refractivity contribution < 1.29 is 32.6 Å². The van der Waals surface area contributed by atoms with Gasteiger partial charge < -0.3 is 19.9 Å². The third-order valence-electron chi connectivity index (χ3n) is 6.86. The van der Waals surface area contributed by atoms with Crippen LogP contribution in [0, 0.1) is 12.8 Å². The molecule has 1 aromatic heterocycles. The number of para-hydroxylation sites is 1. The summed E-state index contributed by atoms with van der Waals surface area (Å²) in [4.78, 5) is 26.3. The van der Waals surface area contributed by atoms with Crippen LogP contribution < -0.4 is 14.8 Å². The maximum Gasteiger partial charge on any atom is 0.356 e. The largest absolute Gasteiger partial charge is 0.476 e. The van der Waals surface area contributed by atoms with Gasteiger partial charge in [-0.3, -0.25) is 9.69 Å². The van der Waals surface area contributed by atoms with Gasteiger partial charge in [-0.2, -0.15) is 9.78 Å². The van der Waals surface area contributed by atoms with Crippen LogP contribution in [-0.4, -0.2) is 79.5 Å². The molecule has 3 aromatic rings. The van der Waals surface area contributed by atoms with Crippen LogP contribution >= 0.6 is 0 Å². The third-order valence-corrected chi connectivity index (χ3v) is 8.35. The van der Waals surface area contributed by atoms with E-state index >= 15 is 0 Å². The van der Waals surface area contributed by atoms with Crippen molar-refractivity contribution in [1.29, 1.82) is 0 Å². The number of carboxylic acid groups (broad SMARTS) is 1. The summed E-state index contributed by atoms with van der Waals surface area (Å²) in [6.07, 6.45) is 0.621. The van der Waals surface area contributed by atoms with Gasteiger partial charge in [-0.15, -0.1) is 0 Å². The lowest BCUT2D eigenvalue weighted by Gasteiger charge is -2.26. The molecule has 4 rings (SSSR count). The molecule has 1 aliphatic rings. The molecular formula is C28H35N5O7S. The van der Waals surface area contributed by atoms with Crippen LogP contribution in [0.4, 0.5) is 5.69 Å². The second kappa shape index (κ2) is 13.3. The monoisotopic (exact) mass is 585 g/mol. The van der Waals surface area contributed by atoms with Crippen molar-refractivity contribution in [3.05, 3.63) is 59.8 Å². The lowest BCUT2D eigenvalue weighted by molar-refractivity contribution is -0.119. The fourth-order valence-electron chi connectivity index (χ4n) is 4.22. The average Bonchev–Trinajstić information content (AvgIpc) is 3.30. The second-order valence-electron chi connectivity index (χ2n) is 9.75. The van der Waals surface area contributed by atoms with Crippen LogP contribution in [0.3, 0.4) is 0 Å². The number of anilines is 1. The molecule has 0 unspecified atom stereocenters. The minimum absolute atomic E-state index is 0.0507. The number of carbonyl (C=O) groups is 2. The van der Waals surface area contributed by atoms with Crippen LogP contribution in [0.25, 0.3) is 5.69 Å². The number of carbonyl (C=O) groups excluding carboxylic acids is 1. The molecule has 0 radical (unpaired) electrons. The number of morpholine rings is 1. The van der Waals surface area contributed by atoms with Gasteiger partial charge in [0.05, 0.1) is 18.9 Å². The average molecular weight is 586 g/mol. The van der Waals surface area contributed by atoms with Crippen molar-refractivity contribution in [1.82, 2.24) is 19.4 Å². The van der Waals surface area contributed by atoms with Crippen LogP contribution in [0.5, 0.6) is 11.6 Å². The van der Waals surface area contributed by atoms with Crippen molar-refractivity contribution in [3.8, 4) is 17.3 Å².